The highest BCUT2D eigenvalue weighted by Gasteiger charge is 2.30. The molecule has 1 aliphatic heterocycles. The zero-order valence-electron chi connectivity index (χ0n) is 16.6. The second kappa shape index (κ2) is 9.44. The number of aryl methyl sites for hydroxylation is 1. The lowest BCUT2D eigenvalue weighted by Gasteiger charge is -2.33. The lowest BCUT2D eigenvalue weighted by atomic mass is 10.1. The number of nitrogens with zero attached hydrogens (tertiary/aromatic N) is 2. The molecule has 0 aliphatic carbocycles. The number of benzene rings is 1. The van der Waals surface area contributed by atoms with Crippen LogP contribution in [0.4, 0.5) is 10.5 Å². The number of hydrogen-bond donors (Lipinski definition) is 2. The summed E-state index contributed by atoms with van der Waals surface area (Å²) in [5, 5.41) is 5.00. The molecular weight excluding hydrogens is 448 g/mol. The first kappa shape index (κ1) is 22.7. The summed E-state index contributed by atoms with van der Waals surface area (Å²) in [6.07, 6.45) is 0. The van der Waals surface area contributed by atoms with E-state index in [1.165, 1.54) is 10.4 Å². The number of nitrogens with one attached hydrogen (secondary N) is 2. The third-order valence-electron chi connectivity index (χ3n) is 4.95. The molecule has 0 atom stereocenters. The van der Waals surface area contributed by atoms with Crippen LogP contribution in [0, 0.1) is 13.8 Å². The lowest BCUT2D eigenvalue weighted by Crippen LogP contribution is -2.51. The van der Waals surface area contributed by atoms with Crippen molar-refractivity contribution in [2.45, 2.75) is 18.1 Å². The van der Waals surface area contributed by atoms with Gasteiger partial charge in [0.1, 0.15) is 4.21 Å². The number of thiophene rings is 1. The molecular formula is C19H23ClN4O4S2. The molecule has 1 saturated heterocycles. The van der Waals surface area contributed by atoms with Crippen molar-refractivity contribution in [2.24, 2.45) is 0 Å². The number of urea groups is 1. The van der Waals surface area contributed by atoms with E-state index in [0.29, 0.717) is 23.1 Å². The fourth-order valence-corrected chi connectivity index (χ4v) is 6.16. The molecule has 162 valence electrons. The Kier molecular flexibility index (Phi) is 7.14. The van der Waals surface area contributed by atoms with Crippen molar-refractivity contribution in [2.75, 3.05) is 38.0 Å². The average molecular weight is 471 g/mol. The molecule has 1 fully saturated rings. The fraction of sp³-hybridized carbons (Fsp3) is 0.368. The summed E-state index contributed by atoms with van der Waals surface area (Å²) < 4.78 is 27.3. The van der Waals surface area contributed by atoms with Gasteiger partial charge >= 0.3 is 6.03 Å². The molecule has 11 heteroatoms. The molecule has 30 heavy (non-hydrogen) atoms. The minimum atomic E-state index is -3.58. The van der Waals surface area contributed by atoms with Crippen molar-refractivity contribution in [3.8, 4) is 0 Å². The van der Waals surface area contributed by atoms with Crippen molar-refractivity contribution in [3.05, 3.63) is 45.8 Å². The van der Waals surface area contributed by atoms with Crippen LogP contribution in [0.2, 0.25) is 4.34 Å². The summed E-state index contributed by atoms with van der Waals surface area (Å²) in [5.41, 5.74) is 2.62. The molecule has 2 aromatic rings. The smallest absolute Gasteiger partial charge is 0.307 e. The number of amides is 3. The van der Waals surface area contributed by atoms with Gasteiger partial charge in [-0.1, -0.05) is 23.7 Å². The number of anilines is 1. The first-order valence-electron chi connectivity index (χ1n) is 9.31. The number of hydrogen-bond acceptors (Lipinski definition) is 6. The maximum absolute atomic E-state index is 12.6. The van der Waals surface area contributed by atoms with E-state index in [4.69, 9.17) is 11.6 Å². The molecule has 3 rings (SSSR count). The molecule has 2 N–H and O–H groups in total. The number of carbonyl (C=O) groups excluding carboxylic acids is 2. The SMILES string of the molecule is Cc1cccc(NC(=O)NC(=O)CN2CCN(S(=O)(=O)c3ccc(Cl)s3)CC2)c1C. The minimum absolute atomic E-state index is 0.0128. The van der Waals surface area contributed by atoms with Crippen LogP contribution in [0.3, 0.4) is 0 Å². The van der Waals surface area contributed by atoms with Crippen molar-refractivity contribution in [1.82, 2.24) is 14.5 Å². The normalized spacial score (nSPS) is 15.7. The standard InChI is InChI=1S/C19H23ClN4O4S2/c1-13-4-3-5-15(14(13)2)21-19(26)22-17(25)12-23-8-10-24(11-9-23)30(27,28)18-7-6-16(20)29-18/h3-7H,8-12H2,1-2H3,(H2,21,22,25,26). The summed E-state index contributed by atoms with van der Waals surface area (Å²) in [6, 6.07) is 8.00. The number of imide groups is 1. The van der Waals surface area contributed by atoms with E-state index in [-0.39, 0.29) is 23.8 Å². The maximum atomic E-state index is 12.6. The number of carbonyl (C=O) groups is 2. The maximum Gasteiger partial charge on any atom is 0.325 e. The molecule has 1 aliphatic rings. The number of rotatable bonds is 5. The van der Waals surface area contributed by atoms with E-state index < -0.39 is 22.0 Å². The number of halogens is 1. The fourth-order valence-electron chi connectivity index (χ4n) is 3.10. The Bertz CT molecular complexity index is 1050. The Balaban J connectivity index is 1.48. The first-order valence-corrected chi connectivity index (χ1v) is 11.9. The first-order chi connectivity index (χ1) is 14.2. The topological polar surface area (TPSA) is 98.8 Å². The quantitative estimate of drug-likeness (QED) is 0.700. The van der Waals surface area contributed by atoms with Gasteiger partial charge in [-0.2, -0.15) is 4.31 Å². The third-order valence-corrected chi connectivity index (χ3v) is 8.54. The van der Waals surface area contributed by atoms with Gasteiger partial charge in [0.15, 0.2) is 0 Å². The van der Waals surface area contributed by atoms with E-state index in [2.05, 4.69) is 10.6 Å². The number of piperazine rings is 1. The van der Waals surface area contributed by atoms with Crippen molar-refractivity contribution in [1.29, 1.82) is 0 Å². The van der Waals surface area contributed by atoms with E-state index >= 15 is 0 Å². The minimum Gasteiger partial charge on any atom is -0.307 e. The highest BCUT2D eigenvalue weighted by molar-refractivity contribution is 7.91. The Morgan fingerprint density at radius 1 is 1.10 bits per heavy atom. The summed E-state index contributed by atoms with van der Waals surface area (Å²) in [5.74, 6) is -0.445. The van der Waals surface area contributed by atoms with Gasteiger partial charge in [0.25, 0.3) is 10.0 Å². The van der Waals surface area contributed by atoms with Crippen LogP contribution in [-0.4, -0.2) is 62.3 Å². The summed E-state index contributed by atoms with van der Waals surface area (Å²) in [6.45, 7) is 5.16. The summed E-state index contributed by atoms with van der Waals surface area (Å²) in [7, 11) is -3.58. The average Bonchev–Trinajstić information content (AvgIpc) is 3.13. The van der Waals surface area contributed by atoms with Crippen molar-refractivity contribution in [3.63, 3.8) is 0 Å². The summed E-state index contributed by atoms with van der Waals surface area (Å²) in [4.78, 5) is 26.1. The van der Waals surface area contributed by atoms with Gasteiger partial charge in [0, 0.05) is 31.9 Å². The summed E-state index contributed by atoms with van der Waals surface area (Å²) >= 11 is 6.87. The highest BCUT2D eigenvalue weighted by atomic mass is 35.5. The Hall–Kier alpha value is -1.98. The predicted molar refractivity (Wildman–Crippen MR) is 118 cm³/mol. The molecule has 0 bridgehead atoms. The van der Waals surface area contributed by atoms with Crippen molar-refractivity contribution < 1.29 is 18.0 Å². The van der Waals surface area contributed by atoms with E-state index in [9.17, 15) is 18.0 Å². The second-order valence-electron chi connectivity index (χ2n) is 6.99. The monoisotopic (exact) mass is 470 g/mol. The van der Waals surface area contributed by atoms with Gasteiger partial charge in [0.2, 0.25) is 5.91 Å². The van der Waals surface area contributed by atoms with Gasteiger partial charge in [-0.25, -0.2) is 13.2 Å². The molecule has 3 amide bonds. The Labute approximate surface area is 184 Å². The van der Waals surface area contributed by atoms with Crippen LogP contribution >= 0.6 is 22.9 Å². The molecule has 0 spiro atoms. The van der Waals surface area contributed by atoms with Crippen molar-refractivity contribution >= 4 is 50.6 Å². The van der Waals surface area contributed by atoms with Gasteiger partial charge in [-0.3, -0.25) is 15.0 Å². The van der Waals surface area contributed by atoms with E-state index in [1.54, 1.807) is 12.1 Å². The largest absolute Gasteiger partial charge is 0.325 e. The van der Waals surface area contributed by atoms with Gasteiger partial charge in [-0.05, 0) is 43.2 Å². The Morgan fingerprint density at radius 3 is 2.43 bits per heavy atom. The van der Waals surface area contributed by atoms with Gasteiger partial charge < -0.3 is 5.32 Å². The molecule has 8 nitrogen and oxygen atoms in total. The zero-order chi connectivity index (χ0) is 21.9. The van der Waals surface area contributed by atoms with Crippen LogP contribution in [0.25, 0.3) is 0 Å². The molecule has 1 aromatic heterocycles. The molecule has 2 heterocycles. The second-order valence-corrected chi connectivity index (χ2v) is 10.9. The zero-order valence-corrected chi connectivity index (χ0v) is 19.0. The lowest BCUT2D eigenvalue weighted by molar-refractivity contribution is -0.121. The van der Waals surface area contributed by atoms with Crippen LogP contribution < -0.4 is 10.6 Å². The highest BCUT2D eigenvalue weighted by Crippen LogP contribution is 2.28. The van der Waals surface area contributed by atoms with Crippen LogP contribution in [-0.2, 0) is 14.8 Å². The molecule has 1 aromatic carbocycles. The van der Waals surface area contributed by atoms with Gasteiger partial charge in [0.05, 0.1) is 10.9 Å². The van der Waals surface area contributed by atoms with Crippen LogP contribution in [0.1, 0.15) is 11.1 Å². The Morgan fingerprint density at radius 2 is 1.80 bits per heavy atom. The predicted octanol–water partition coefficient (Wildman–Crippen LogP) is 2.67. The molecule has 0 radical (unpaired) electrons. The van der Waals surface area contributed by atoms with Crippen LogP contribution in [0.15, 0.2) is 34.5 Å². The number of sulfonamides is 1. The van der Waals surface area contributed by atoms with E-state index in [0.717, 1.165) is 22.5 Å². The molecule has 0 unspecified atom stereocenters. The third kappa shape index (κ3) is 5.38. The van der Waals surface area contributed by atoms with Gasteiger partial charge in [-0.15, -0.1) is 11.3 Å². The molecule has 0 saturated carbocycles. The van der Waals surface area contributed by atoms with E-state index in [1.807, 2.05) is 30.9 Å². The van der Waals surface area contributed by atoms with Crippen LogP contribution in [0.5, 0.6) is 0 Å².